The molecule has 0 fully saturated rings. The van der Waals surface area contributed by atoms with Crippen LogP contribution in [0.3, 0.4) is 0 Å². The van der Waals surface area contributed by atoms with E-state index in [4.69, 9.17) is 0 Å². The van der Waals surface area contributed by atoms with E-state index >= 15 is 0 Å². The fraction of sp³-hybridized carbons (Fsp3) is 0.174. The highest BCUT2D eigenvalue weighted by Gasteiger charge is 2.15. The van der Waals surface area contributed by atoms with Crippen molar-refractivity contribution in [3.05, 3.63) is 90.0 Å². The first-order valence-electron chi connectivity index (χ1n) is 9.66. The molecule has 1 amide bonds. The third kappa shape index (κ3) is 5.95. The topological polar surface area (TPSA) is 75.3 Å². The molecule has 0 atom stereocenters. The Morgan fingerprint density at radius 3 is 2.27 bits per heavy atom. The second-order valence-electron chi connectivity index (χ2n) is 6.54. The van der Waals surface area contributed by atoms with Gasteiger partial charge in [-0.25, -0.2) is 13.1 Å². The Balaban J connectivity index is 1.62. The van der Waals surface area contributed by atoms with E-state index in [9.17, 15) is 13.2 Å². The number of carbonyl (C=O) groups excluding carboxylic acids is 1. The highest BCUT2D eigenvalue weighted by Crippen LogP contribution is 2.23. The maximum absolute atomic E-state index is 12.6. The van der Waals surface area contributed by atoms with Crippen LogP contribution in [0, 0.1) is 0 Å². The maximum Gasteiger partial charge on any atom is 0.256 e. The van der Waals surface area contributed by atoms with Gasteiger partial charge in [-0.2, -0.15) is 0 Å². The van der Waals surface area contributed by atoms with Crippen molar-refractivity contribution in [1.29, 1.82) is 0 Å². The van der Waals surface area contributed by atoms with E-state index in [0.29, 0.717) is 24.2 Å². The van der Waals surface area contributed by atoms with Crippen LogP contribution in [-0.4, -0.2) is 26.6 Å². The Morgan fingerprint density at radius 2 is 1.57 bits per heavy atom. The molecular formula is C23H24N2O3S2. The third-order valence-electron chi connectivity index (χ3n) is 4.40. The smallest absolute Gasteiger partial charge is 0.256 e. The van der Waals surface area contributed by atoms with Crippen LogP contribution in [0.1, 0.15) is 22.8 Å². The second kappa shape index (κ2) is 10.4. The van der Waals surface area contributed by atoms with Crippen LogP contribution in [0.2, 0.25) is 0 Å². The Hall–Kier alpha value is -2.61. The van der Waals surface area contributed by atoms with Gasteiger partial charge in [0.25, 0.3) is 5.91 Å². The lowest BCUT2D eigenvalue weighted by Gasteiger charge is -2.10. The number of anilines is 1. The van der Waals surface area contributed by atoms with Crippen LogP contribution in [0.25, 0.3) is 0 Å². The lowest BCUT2D eigenvalue weighted by molar-refractivity contribution is 0.102. The molecular weight excluding hydrogens is 416 g/mol. The van der Waals surface area contributed by atoms with Crippen LogP contribution in [0.5, 0.6) is 0 Å². The number of nitrogens with one attached hydrogen (secondary N) is 2. The second-order valence-corrected chi connectivity index (χ2v) is 9.61. The van der Waals surface area contributed by atoms with Gasteiger partial charge in [-0.15, -0.1) is 11.8 Å². The standard InChI is InChI=1S/C23H24N2O3S2/c1-2-29-22-11-7-6-10-21(22)23(26)25-19-12-14-20(15-13-19)30(27,28)24-17-16-18-8-4-3-5-9-18/h3-15,24H,2,16-17H2,1H3,(H,25,26). The monoisotopic (exact) mass is 440 g/mol. The molecule has 0 saturated heterocycles. The summed E-state index contributed by atoms with van der Waals surface area (Å²) in [6.07, 6.45) is 0.614. The van der Waals surface area contributed by atoms with Gasteiger partial charge in [0.2, 0.25) is 10.0 Å². The minimum Gasteiger partial charge on any atom is -0.322 e. The van der Waals surface area contributed by atoms with E-state index in [2.05, 4.69) is 10.0 Å². The van der Waals surface area contributed by atoms with E-state index in [1.807, 2.05) is 55.5 Å². The maximum atomic E-state index is 12.6. The quantitative estimate of drug-likeness (QED) is 0.478. The molecule has 0 aliphatic rings. The summed E-state index contributed by atoms with van der Waals surface area (Å²) < 4.78 is 27.6. The molecule has 0 spiro atoms. The van der Waals surface area contributed by atoms with Gasteiger partial charge >= 0.3 is 0 Å². The van der Waals surface area contributed by atoms with Crippen LogP contribution in [-0.2, 0) is 16.4 Å². The summed E-state index contributed by atoms with van der Waals surface area (Å²) >= 11 is 1.60. The predicted molar refractivity (Wildman–Crippen MR) is 123 cm³/mol. The van der Waals surface area contributed by atoms with Crippen molar-refractivity contribution >= 4 is 33.4 Å². The zero-order valence-corrected chi connectivity index (χ0v) is 18.3. The van der Waals surface area contributed by atoms with Gasteiger partial charge in [0.05, 0.1) is 10.5 Å². The third-order valence-corrected chi connectivity index (χ3v) is 6.84. The zero-order chi connectivity index (χ0) is 21.4. The molecule has 2 N–H and O–H groups in total. The number of rotatable bonds is 9. The highest BCUT2D eigenvalue weighted by molar-refractivity contribution is 7.99. The molecule has 0 bridgehead atoms. The molecule has 0 unspecified atom stereocenters. The number of hydrogen-bond acceptors (Lipinski definition) is 4. The summed E-state index contributed by atoms with van der Waals surface area (Å²) in [5, 5.41) is 2.83. The minimum absolute atomic E-state index is 0.162. The lowest BCUT2D eigenvalue weighted by atomic mass is 10.2. The minimum atomic E-state index is -3.61. The number of thioether (sulfide) groups is 1. The van der Waals surface area contributed by atoms with Crippen molar-refractivity contribution < 1.29 is 13.2 Å². The summed E-state index contributed by atoms with van der Waals surface area (Å²) in [4.78, 5) is 13.7. The molecule has 5 nitrogen and oxygen atoms in total. The van der Waals surface area contributed by atoms with Crippen molar-refractivity contribution in [3.63, 3.8) is 0 Å². The lowest BCUT2D eigenvalue weighted by Crippen LogP contribution is -2.26. The molecule has 0 heterocycles. The number of benzene rings is 3. The van der Waals surface area contributed by atoms with Gasteiger partial charge in [-0.05, 0) is 54.1 Å². The normalized spacial score (nSPS) is 11.2. The molecule has 0 saturated carbocycles. The van der Waals surface area contributed by atoms with Crippen LogP contribution in [0.15, 0.2) is 88.7 Å². The van der Waals surface area contributed by atoms with Crippen LogP contribution in [0.4, 0.5) is 5.69 Å². The first-order valence-corrected chi connectivity index (χ1v) is 12.1. The van der Waals surface area contributed by atoms with E-state index in [0.717, 1.165) is 16.2 Å². The number of hydrogen-bond donors (Lipinski definition) is 2. The number of sulfonamides is 1. The molecule has 0 radical (unpaired) electrons. The molecule has 156 valence electrons. The Labute approximate surface area is 182 Å². The molecule has 0 aliphatic carbocycles. The van der Waals surface area contributed by atoms with E-state index in [-0.39, 0.29) is 10.8 Å². The average Bonchev–Trinajstić information content (AvgIpc) is 2.75. The van der Waals surface area contributed by atoms with E-state index < -0.39 is 10.0 Å². The van der Waals surface area contributed by atoms with Gasteiger partial charge in [-0.1, -0.05) is 49.4 Å². The van der Waals surface area contributed by atoms with Crippen LogP contribution < -0.4 is 10.0 Å². The van der Waals surface area contributed by atoms with E-state index in [1.165, 1.54) is 12.1 Å². The van der Waals surface area contributed by atoms with Crippen LogP contribution >= 0.6 is 11.8 Å². The average molecular weight is 441 g/mol. The Bertz CT molecular complexity index is 1080. The summed E-state index contributed by atoms with van der Waals surface area (Å²) in [6.45, 7) is 2.35. The van der Waals surface area contributed by atoms with Gasteiger partial charge in [0, 0.05) is 17.1 Å². The number of amides is 1. The SMILES string of the molecule is CCSc1ccccc1C(=O)Nc1ccc(S(=O)(=O)NCCc2ccccc2)cc1. The molecule has 3 aromatic rings. The fourth-order valence-corrected chi connectivity index (χ4v) is 4.74. The van der Waals surface area contributed by atoms with Gasteiger partial charge in [0.15, 0.2) is 0 Å². The van der Waals surface area contributed by atoms with Crippen molar-refractivity contribution in [2.45, 2.75) is 23.1 Å². The fourth-order valence-electron chi connectivity index (χ4n) is 2.91. The van der Waals surface area contributed by atoms with Crippen molar-refractivity contribution in [3.8, 4) is 0 Å². The largest absolute Gasteiger partial charge is 0.322 e. The Kier molecular flexibility index (Phi) is 7.68. The Morgan fingerprint density at radius 1 is 0.900 bits per heavy atom. The first kappa shape index (κ1) is 22.1. The van der Waals surface area contributed by atoms with Crippen molar-refractivity contribution in [2.24, 2.45) is 0 Å². The first-order chi connectivity index (χ1) is 14.5. The van der Waals surface area contributed by atoms with Crippen molar-refractivity contribution in [2.75, 3.05) is 17.6 Å². The summed E-state index contributed by atoms with van der Waals surface area (Å²) in [7, 11) is -3.61. The molecule has 30 heavy (non-hydrogen) atoms. The zero-order valence-electron chi connectivity index (χ0n) is 16.7. The summed E-state index contributed by atoms with van der Waals surface area (Å²) in [5.74, 6) is 0.650. The van der Waals surface area contributed by atoms with Crippen molar-refractivity contribution in [1.82, 2.24) is 4.72 Å². The van der Waals surface area contributed by atoms with E-state index in [1.54, 1.807) is 30.0 Å². The van der Waals surface area contributed by atoms with Gasteiger partial charge in [-0.3, -0.25) is 4.79 Å². The summed E-state index contributed by atoms with van der Waals surface area (Å²) in [5.41, 5.74) is 2.21. The molecule has 0 aliphatic heterocycles. The molecule has 3 aromatic carbocycles. The van der Waals surface area contributed by atoms with Gasteiger partial charge in [0.1, 0.15) is 0 Å². The summed E-state index contributed by atoms with van der Waals surface area (Å²) in [6, 6.07) is 23.3. The predicted octanol–water partition coefficient (Wildman–Crippen LogP) is 4.57. The van der Waals surface area contributed by atoms with Gasteiger partial charge < -0.3 is 5.32 Å². The number of carbonyl (C=O) groups is 1. The molecule has 0 aromatic heterocycles. The molecule has 7 heteroatoms. The highest BCUT2D eigenvalue weighted by atomic mass is 32.2. The molecule has 3 rings (SSSR count).